The summed E-state index contributed by atoms with van der Waals surface area (Å²) >= 11 is 0. The Morgan fingerprint density at radius 3 is 2.55 bits per heavy atom. The predicted octanol–water partition coefficient (Wildman–Crippen LogP) is 4.75. The Morgan fingerprint density at radius 2 is 1.85 bits per heavy atom. The van der Waals surface area contributed by atoms with Crippen molar-refractivity contribution in [2.24, 2.45) is 7.05 Å². The van der Waals surface area contributed by atoms with E-state index < -0.39 is 5.60 Å². The number of hydrogen-bond acceptors (Lipinski definition) is 6. The molecule has 4 aromatic rings. The second-order valence-corrected chi connectivity index (χ2v) is 11.7. The summed E-state index contributed by atoms with van der Waals surface area (Å²) in [5, 5.41) is 15.9. The molecule has 40 heavy (non-hydrogen) atoms. The highest BCUT2D eigenvalue weighted by atomic mass is 19.1. The van der Waals surface area contributed by atoms with Crippen LogP contribution in [0.3, 0.4) is 0 Å². The molecule has 1 amide bonds. The van der Waals surface area contributed by atoms with Crippen LogP contribution in [0.15, 0.2) is 42.6 Å². The SMILES string of the molecule is Cc1ccc(CN2CC(C)N(C(=O)c3cc4c(-c5ccnc(C(C)(C)O)n5)nn(C)c4cc3C)CC2C)c(F)c1. The Balaban J connectivity index is 1.44. The van der Waals surface area contributed by atoms with Crippen LogP contribution in [0, 0.1) is 19.7 Å². The van der Waals surface area contributed by atoms with E-state index in [-0.39, 0.29) is 23.8 Å². The fourth-order valence-electron chi connectivity index (χ4n) is 5.47. The molecule has 1 N–H and O–H groups in total. The van der Waals surface area contributed by atoms with Crippen molar-refractivity contribution in [1.82, 2.24) is 29.5 Å². The van der Waals surface area contributed by atoms with Gasteiger partial charge < -0.3 is 10.0 Å². The summed E-state index contributed by atoms with van der Waals surface area (Å²) in [7, 11) is 1.87. The monoisotopic (exact) mass is 544 g/mol. The molecule has 0 spiro atoms. The number of amides is 1. The first-order valence-corrected chi connectivity index (χ1v) is 13.7. The molecule has 0 radical (unpaired) electrons. The molecule has 210 valence electrons. The maximum absolute atomic E-state index is 14.5. The molecule has 9 heteroatoms. The Hall–Kier alpha value is -3.69. The number of carbonyl (C=O) groups is 1. The molecule has 1 fully saturated rings. The number of aliphatic hydroxyl groups is 1. The summed E-state index contributed by atoms with van der Waals surface area (Å²) in [5.74, 6) is 0.0842. The zero-order valence-corrected chi connectivity index (χ0v) is 24.2. The summed E-state index contributed by atoms with van der Waals surface area (Å²) in [6.45, 7) is 13.0. The molecule has 0 bridgehead atoms. The number of rotatable bonds is 5. The zero-order valence-electron chi connectivity index (χ0n) is 24.2. The van der Waals surface area contributed by atoms with Crippen LogP contribution in [0.4, 0.5) is 4.39 Å². The lowest BCUT2D eigenvalue weighted by Crippen LogP contribution is -2.57. The maximum atomic E-state index is 14.5. The van der Waals surface area contributed by atoms with Crippen molar-refractivity contribution >= 4 is 16.8 Å². The Bertz CT molecular complexity index is 1590. The number of aromatic nitrogens is 4. The highest BCUT2D eigenvalue weighted by molar-refractivity contribution is 6.03. The third-order valence-electron chi connectivity index (χ3n) is 7.83. The molecule has 2 aromatic heterocycles. The highest BCUT2D eigenvalue weighted by Gasteiger charge is 2.33. The van der Waals surface area contributed by atoms with E-state index in [2.05, 4.69) is 21.8 Å². The number of aryl methyl sites for hydroxylation is 3. The van der Waals surface area contributed by atoms with E-state index in [1.165, 1.54) is 0 Å². The molecule has 1 saturated heterocycles. The minimum atomic E-state index is -1.20. The van der Waals surface area contributed by atoms with E-state index in [0.29, 0.717) is 48.0 Å². The largest absolute Gasteiger partial charge is 0.382 e. The Kier molecular flexibility index (Phi) is 7.22. The van der Waals surface area contributed by atoms with Crippen LogP contribution in [0.1, 0.15) is 60.6 Å². The van der Waals surface area contributed by atoms with Gasteiger partial charge in [0.25, 0.3) is 5.91 Å². The minimum Gasteiger partial charge on any atom is -0.382 e. The molecule has 0 aliphatic carbocycles. The van der Waals surface area contributed by atoms with Crippen LogP contribution < -0.4 is 0 Å². The van der Waals surface area contributed by atoms with Crippen molar-refractivity contribution in [3.8, 4) is 11.4 Å². The molecular formula is C31H37FN6O2. The fraction of sp³-hybridized carbons (Fsp3) is 0.419. The van der Waals surface area contributed by atoms with Gasteiger partial charge in [0.2, 0.25) is 0 Å². The van der Waals surface area contributed by atoms with E-state index >= 15 is 0 Å². The standard InChI is InChI=1S/C31H37FN6O2/c1-18-8-9-22(25(32)12-18)17-37-15-21(4)38(16-20(37)3)29(39)23-14-24-27(13-19(23)2)36(7)35-28(24)26-10-11-33-30(34-26)31(5,6)40/h8-14,20-21,40H,15-17H2,1-7H3. The molecule has 2 unspecified atom stereocenters. The van der Waals surface area contributed by atoms with Crippen LogP contribution >= 0.6 is 0 Å². The normalized spacial score (nSPS) is 18.5. The van der Waals surface area contributed by atoms with Crippen LogP contribution in [0.2, 0.25) is 0 Å². The number of hydrogen-bond donors (Lipinski definition) is 1. The lowest BCUT2D eigenvalue weighted by Gasteiger charge is -2.44. The van der Waals surface area contributed by atoms with Gasteiger partial charge in [0.15, 0.2) is 5.82 Å². The van der Waals surface area contributed by atoms with Crippen LogP contribution in [0.25, 0.3) is 22.3 Å². The number of nitrogens with zero attached hydrogens (tertiary/aromatic N) is 6. The topological polar surface area (TPSA) is 87.4 Å². The number of piperazine rings is 1. The van der Waals surface area contributed by atoms with Crippen LogP contribution in [-0.2, 0) is 19.2 Å². The van der Waals surface area contributed by atoms with Crippen molar-refractivity contribution in [2.45, 2.75) is 65.8 Å². The zero-order chi connectivity index (χ0) is 28.9. The van der Waals surface area contributed by atoms with Crippen molar-refractivity contribution in [3.05, 3.63) is 76.5 Å². The predicted molar refractivity (Wildman–Crippen MR) is 153 cm³/mol. The average molecular weight is 545 g/mol. The van der Waals surface area contributed by atoms with Gasteiger partial charge in [0.1, 0.15) is 17.1 Å². The smallest absolute Gasteiger partial charge is 0.254 e. The van der Waals surface area contributed by atoms with Gasteiger partial charge in [-0.3, -0.25) is 14.4 Å². The third kappa shape index (κ3) is 5.23. The molecule has 3 heterocycles. The van der Waals surface area contributed by atoms with E-state index in [0.717, 1.165) is 22.0 Å². The summed E-state index contributed by atoms with van der Waals surface area (Å²) in [4.78, 5) is 26.9. The van der Waals surface area contributed by atoms with Gasteiger partial charge in [0.05, 0.1) is 11.2 Å². The minimum absolute atomic E-state index is 0.0328. The Morgan fingerprint density at radius 1 is 1.10 bits per heavy atom. The molecule has 0 saturated carbocycles. The number of benzene rings is 2. The summed E-state index contributed by atoms with van der Waals surface area (Å²) in [6, 6.07) is 11.0. The number of carbonyl (C=O) groups excluding carboxylic acids is 1. The molecule has 1 aliphatic rings. The first kappa shape index (κ1) is 27.9. The molecule has 8 nitrogen and oxygen atoms in total. The number of fused-ring (bicyclic) bond motifs is 1. The average Bonchev–Trinajstić information content (AvgIpc) is 3.21. The van der Waals surface area contributed by atoms with Crippen LogP contribution in [-0.4, -0.2) is 65.7 Å². The van der Waals surface area contributed by atoms with Crippen molar-refractivity contribution in [2.75, 3.05) is 13.1 Å². The van der Waals surface area contributed by atoms with E-state index in [1.807, 2.05) is 57.0 Å². The van der Waals surface area contributed by atoms with Crippen molar-refractivity contribution in [1.29, 1.82) is 0 Å². The molecule has 5 rings (SSSR count). The second-order valence-electron chi connectivity index (χ2n) is 11.7. The van der Waals surface area contributed by atoms with Gasteiger partial charge in [0, 0.05) is 61.5 Å². The van der Waals surface area contributed by atoms with Crippen molar-refractivity contribution in [3.63, 3.8) is 0 Å². The molecule has 2 atom stereocenters. The fourth-order valence-corrected chi connectivity index (χ4v) is 5.47. The summed E-state index contributed by atoms with van der Waals surface area (Å²) < 4.78 is 16.3. The lowest BCUT2D eigenvalue weighted by molar-refractivity contribution is 0.0287. The van der Waals surface area contributed by atoms with Gasteiger partial charge in [-0.05, 0) is 76.9 Å². The van der Waals surface area contributed by atoms with Crippen LogP contribution in [0.5, 0.6) is 0 Å². The van der Waals surface area contributed by atoms with Gasteiger partial charge in [-0.25, -0.2) is 14.4 Å². The first-order chi connectivity index (χ1) is 18.8. The van der Waals surface area contributed by atoms with Gasteiger partial charge >= 0.3 is 0 Å². The molecule has 1 aliphatic heterocycles. The lowest BCUT2D eigenvalue weighted by atomic mass is 10.00. The van der Waals surface area contributed by atoms with Gasteiger partial charge in [-0.2, -0.15) is 5.10 Å². The number of halogens is 1. The highest BCUT2D eigenvalue weighted by Crippen LogP contribution is 2.31. The summed E-state index contributed by atoms with van der Waals surface area (Å²) in [5.41, 5.74) is 3.97. The van der Waals surface area contributed by atoms with E-state index in [9.17, 15) is 14.3 Å². The maximum Gasteiger partial charge on any atom is 0.254 e. The second kappa shape index (κ2) is 10.4. The third-order valence-corrected chi connectivity index (χ3v) is 7.83. The molecular weight excluding hydrogens is 507 g/mol. The Labute approximate surface area is 234 Å². The van der Waals surface area contributed by atoms with Gasteiger partial charge in [-0.15, -0.1) is 0 Å². The quantitative estimate of drug-likeness (QED) is 0.390. The van der Waals surface area contributed by atoms with E-state index in [1.54, 1.807) is 36.9 Å². The van der Waals surface area contributed by atoms with E-state index in [4.69, 9.17) is 5.10 Å². The van der Waals surface area contributed by atoms with Crippen molar-refractivity contribution < 1.29 is 14.3 Å². The van der Waals surface area contributed by atoms with Gasteiger partial charge in [-0.1, -0.05) is 12.1 Å². The molecule has 2 aromatic carbocycles. The first-order valence-electron chi connectivity index (χ1n) is 13.7. The summed E-state index contributed by atoms with van der Waals surface area (Å²) in [6.07, 6.45) is 1.61.